The minimum absolute atomic E-state index is 0.168. The van der Waals surface area contributed by atoms with Crippen molar-refractivity contribution in [3.05, 3.63) is 59.9 Å². The molecule has 1 aromatic carbocycles. The Kier molecular flexibility index (Phi) is 2.86. The number of nitrogens with zero attached hydrogens (tertiary/aromatic N) is 2. The minimum atomic E-state index is 0.168. The first-order chi connectivity index (χ1) is 10.6. The van der Waals surface area contributed by atoms with Gasteiger partial charge >= 0.3 is 6.85 Å². The van der Waals surface area contributed by atoms with E-state index in [1.165, 1.54) is 16.5 Å². The summed E-state index contributed by atoms with van der Waals surface area (Å²) in [6.07, 6.45) is 6.45. The fourth-order valence-corrected chi connectivity index (χ4v) is 3.26. The van der Waals surface area contributed by atoms with Gasteiger partial charge in [0.2, 0.25) is 0 Å². The van der Waals surface area contributed by atoms with Crippen molar-refractivity contribution in [1.29, 1.82) is 0 Å². The van der Waals surface area contributed by atoms with E-state index in [0.717, 1.165) is 17.1 Å². The van der Waals surface area contributed by atoms with Gasteiger partial charge in [0, 0.05) is 17.0 Å². The molecule has 4 heteroatoms. The number of anilines is 1. The Labute approximate surface area is 130 Å². The van der Waals surface area contributed by atoms with Crippen LogP contribution in [0.1, 0.15) is 11.1 Å². The second kappa shape index (κ2) is 4.77. The quantitative estimate of drug-likeness (QED) is 0.507. The summed E-state index contributed by atoms with van der Waals surface area (Å²) in [4.78, 5) is 2.25. The van der Waals surface area contributed by atoms with Crippen molar-refractivity contribution < 1.29 is 8.98 Å². The second-order valence-electron chi connectivity index (χ2n) is 5.95. The number of benzene rings is 1. The molecule has 0 aliphatic carbocycles. The number of rotatable bonds is 1. The summed E-state index contributed by atoms with van der Waals surface area (Å²) in [6, 6.07) is 12.5. The zero-order valence-electron chi connectivity index (χ0n) is 13.1. The maximum atomic E-state index is 6.12. The molecule has 0 radical (unpaired) electrons. The molecule has 0 N–H and O–H groups in total. The number of aryl methyl sites for hydroxylation is 2. The van der Waals surface area contributed by atoms with Crippen LogP contribution >= 0.6 is 0 Å². The highest BCUT2D eigenvalue weighted by Gasteiger charge is 2.37. The van der Waals surface area contributed by atoms with E-state index in [9.17, 15) is 0 Å². The molecule has 0 atom stereocenters. The number of furan rings is 1. The van der Waals surface area contributed by atoms with Gasteiger partial charge in [-0.05, 0) is 37.5 Å². The first-order valence-corrected chi connectivity index (χ1v) is 7.59. The van der Waals surface area contributed by atoms with Crippen LogP contribution in [0.5, 0.6) is 0 Å². The third-order valence-corrected chi connectivity index (χ3v) is 4.38. The normalized spacial score (nSPS) is 13.8. The zero-order valence-corrected chi connectivity index (χ0v) is 13.1. The van der Waals surface area contributed by atoms with Crippen molar-refractivity contribution in [2.24, 2.45) is 7.05 Å². The van der Waals surface area contributed by atoms with Crippen LogP contribution in [-0.4, -0.2) is 6.85 Å². The Morgan fingerprint density at radius 3 is 2.77 bits per heavy atom. The smallest absolute Gasteiger partial charge is 0.447 e. The van der Waals surface area contributed by atoms with Crippen molar-refractivity contribution in [3.63, 3.8) is 0 Å². The molecule has 3 aromatic rings. The van der Waals surface area contributed by atoms with Crippen LogP contribution in [0.15, 0.2) is 53.2 Å². The summed E-state index contributed by atoms with van der Waals surface area (Å²) < 4.78 is 8.27. The molecule has 22 heavy (non-hydrogen) atoms. The van der Waals surface area contributed by atoms with Gasteiger partial charge in [-0.3, -0.25) is 4.81 Å². The largest absolute Gasteiger partial charge is 0.465 e. The van der Waals surface area contributed by atoms with E-state index in [0.29, 0.717) is 0 Å². The molecule has 0 fully saturated rings. The number of hydrogen-bond acceptors (Lipinski definition) is 2. The molecule has 1 aliphatic rings. The number of aromatic nitrogens is 1. The summed E-state index contributed by atoms with van der Waals surface area (Å²) in [6.45, 7) is 4.46. The molecule has 4 rings (SSSR count). The van der Waals surface area contributed by atoms with E-state index >= 15 is 0 Å². The zero-order chi connectivity index (χ0) is 15.3. The van der Waals surface area contributed by atoms with Gasteiger partial charge in [-0.15, -0.1) is 0 Å². The third kappa shape index (κ3) is 1.87. The fraction of sp³-hybridized carbons (Fsp3) is 0.167. The van der Waals surface area contributed by atoms with Crippen molar-refractivity contribution in [2.75, 3.05) is 4.81 Å². The number of fused-ring (bicyclic) bond motifs is 3. The predicted molar refractivity (Wildman–Crippen MR) is 91.3 cm³/mol. The molecule has 0 saturated heterocycles. The third-order valence-electron chi connectivity index (χ3n) is 4.38. The summed E-state index contributed by atoms with van der Waals surface area (Å²) >= 11 is 0. The van der Waals surface area contributed by atoms with Crippen LogP contribution in [0.25, 0.3) is 17.0 Å². The minimum Gasteiger partial charge on any atom is -0.465 e. The van der Waals surface area contributed by atoms with E-state index in [1.54, 1.807) is 0 Å². The highest BCUT2D eigenvalue weighted by Crippen LogP contribution is 2.26. The molecule has 3 heterocycles. The molecule has 1 aliphatic heterocycles. The first-order valence-electron chi connectivity index (χ1n) is 7.59. The summed E-state index contributed by atoms with van der Waals surface area (Å²) in [5, 5.41) is 1.19. The average molecular weight is 289 g/mol. The lowest BCUT2D eigenvalue weighted by molar-refractivity contribution is -0.658. The Bertz CT molecular complexity index is 897. The van der Waals surface area contributed by atoms with Crippen LogP contribution in [0, 0.1) is 6.92 Å². The van der Waals surface area contributed by atoms with Gasteiger partial charge in [0.1, 0.15) is 11.2 Å². The molecule has 0 unspecified atom stereocenters. The molecular formula is C18H18BN2O+. The van der Waals surface area contributed by atoms with Crippen LogP contribution in [-0.2, 0) is 7.05 Å². The molecule has 3 nitrogen and oxygen atoms in total. The predicted octanol–water partition coefficient (Wildman–Crippen LogP) is 2.88. The van der Waals surface area contributed by atoms with Crippen molar-refractivity contribution in [3.8, 4) is 0 Å². The van der Waals surface area contributed by atoms with E-state index in [2.05, 4.69) is 72.9 Å². The van der Waals surface area contributed by atoms with Gasteiger partial charge in [0.05, 0.1) is 19.4 Å². The van der Waals surface area contributed by atoms with Gasteiger partial charge < -0.3 is 4.42 Å². The Balaban J connectivity index is 1.84. The highest BCUT2D eigenvalue weighted by atomic mass is 16.3. The summed E-state index contributed by atoms with van der Waals surface area (Å²) in [7, 11) is 2.08. The molecule has 0 amide bonds. The lowest BCUT2D eigenvalue weighted by atomic mass is 9.58. The van der Waals surface area contributed by atoms with Crippen LogP contribution in [0.2, 0.25) is 6.82 Å². The molecule has 108 valence electrons. The molecule has 0 saturated carbocycles. The van der Waals surface area contributed by atoms with Crippen LogP contribution < -0.4 is 15.0 Å². The van der Waals surface area contributed by atoms with E-state index < -0.39 is 0 Å². The number of hydrogen-bond donors (Lipinski definition) is 0. The number of para-hydroxylation sites is 1. The number of pyridine rings is 1. The summed E-state index contributed by atoms with van der Waals surface area (Å²) in [5.41, 5.74) is 4.45. The fourth-order valence-electron chi connectivity index (χ4n) is 3.26. The van der Waals surface area contributed by atoms with Crippen molar-refractivity contribution in [1.82, 2.24) is 0 Å². The molecule has 0 spiro atoms. The maximum Gasteiger partial charge on any atom is 0.447 e. The highest BCUT2D eigenvalue weighted by molar-refractivity contribution is 6.76. The first kappa shape index (κ1) is 13.2. The van der Waals surface area contributed by atoms with Gasteiger partial charge in [0.15, 0.2) is 0 Å². The SMILES string of the molecule is CB1c2oc3ccccc3c2C=CN1c1ccc(C)c[n+]1C. The lowest BCUT2D eigenvalue weighted by Gasteiger charge is -2.21. The van der Waals surface area contributed by atoms with Crippen LogP contribution in [0.4, 0.5) is 5.82 Å². The molecule has 0 bridgehead atoms. The molecular weight excluding hydrogens is 271 g/mol. The topological polar surface area (TPSA) is 20.3 Å². The van der Waals surface area contributed by atoms with E-state index in [1.807, 2.05) is 12.1 Å². The van der Waals surface area contributed by atoms with Gasteiger partial charge in [-0.2, -0.15) is 0 Å². The Morgan fingerprint density at radius 2 is 1.95 bits per heavy atom. The monoisotopic (exact) mass is 289 g/mol. The standard InChI is InChI=1S/C18H18BN2O/c1-13-8-9-17(20(3)12-13)21-11-10-15-14-6-4-5-7-16(14)22-18(15)19(21)2/h4-12H,1-3H3/q+1. The van der Waals surface area contributed by atoms with E-state index in [-0.39, 0.29) is 6.85 Å². The van der Waals surface area contributed by atoms with Crippen LogP contribution in [0.3, 0.4) is 0 Å². The maximum absolute atomic E-state index is 6.12. The summed E-state index contributed by atoms with van der Waals surface area (Å²) in [5.74, 6) is 1.15. The second-order valence-corrected chi connectivity index (χ2v) is 5.95. The van der Waals surface area contributed by atoms with Crippen molar-refractivity contribution >= 4 is 35.4 Å². The van der Waals surface area contributed by atoms with E-state index in [4.69, 9.17) is 4.42 Å². The van der Waals surface area contributed by atoms with Gasteiger partial charge in [-0.1, -0.05) is 18.2 Å². The molecule has 2 aromatic heterocycles. The Hall–Kier alpha value is -2.49. The lowest BCUT2D eigenvalue weighted by Crippen LogP contribution is -2.50. The van der Waals surface area contributed by atoms with Gasteiger partial charge in [0.25, 0.3) is 5.82 Å². The van der Waals surface area contributed by atoms with Gasteiger partial charge in [-0.25, -0.2) is 4.57 Å². The Morgan fingerprint density at radius 1 is 1.14 bits per heavy atom. The average Bonchev–Trinajstić information content (AvgIpc) is 2.88. The van der Waals surface area contributed by atoms with Crippen molar-refractivity contribution in [2.45, 2.75) is 13.7 Å².